The molecule has 1 aromatic heterocycles. The highest BCUT2D eigenvalue weighted by Gasteiger charge is 2.41. The number of esters is 1. The summed E-state index contributed by atoms with van der Waals surface area (Å²) in [5, 5.41) is 14.4. The Kier molecular flexibility index (Phi) is 7.98. The lowest BCUT2D eigenvalue weighted by Gasteiger charge is -2.32. The van der Waals surface area contributed by atoms with Gasteiger partial charge in [-0.15, -0.1) is 11.3 Å². The number of carbonyl (C=O) groups is 3. The van der Waals surface area contributed by atoms with E-state index >= 15 is 0 Å². The van der Waals surface area contributed by atoms with E-state index in [9.17, 15) is 19.5 Å². The van der Waals surface area contributed by atoms with Crippen molar-refractivity contribution in [3.8, 4) is 16.2 Å². The second-order valence-corrected chi connectivity index (χ2v) is 10.8. The monoisotopic (exact) mass is 547 g/mol. The lowest BCUT2D eigenvalue weighted by atomic mass is 10.1. The maximum Gasteiger partial charge on any atom is 0.410 e. The first kappa shape index (κ1) is 27.7. The first-order valence-electron chi connectivity index (χ1n) is 12.3. The average molecular weight is 548 g/mol. The number of quaternary nitrogens is 1. The van der Waals surface area contributed by atoms with Crippen molar-refractivity contribution in [1.82, 2.24) is 9.38 Å². The molecule has 0 bridgehead atoms. The molecule has 0 aliphatic carbocycles. The highest BCUT2D eigenvalue weighted by atomic mass is 32.1. The fourth-order valence-electron chi connectivity index (χ4n) is 4.06. The summed E-state index contributed by atoms with van der Waals surface area (Å²) in [4.78, 5) is 44.3. The van der Waals surface area contributed by atoms with Gasteiger partial charge in [0.15, 0.2) is 0 Å². The second-order valence-electron chi connectivity index (χ2n) is 9.89. The second kappa shape index (κ2) is 11.2. The van der Waals surface area contributed by atoms with E-state index in [0.717, 1.165) is 10.4 Å². The predicted octanol–water partition coefficient (Wildman–Crippen LogP) is 5.43. The number of hydrogen-bond acceptors (Lipinski definition) is 8. The predicted molar refractivity (Wildman–Crippen MR) is 148 cm³/mol. The lowest BCUT2D eigenvalue weighted by molar-refractivity contribution is -0.257. The molecule has 2 amide bonds. The molecule has 39 heavy (non-hydrogen) atoms. The van der Waals surface area contributed by atoms with Crippen molar-refractivity contribution >= 4 is 41.0 Å². The molecule has 1 aliphatic heterocycles. The average Bonchev–Trinajstić information content (AvgIpc) is 3.58. The van der Waals surface area contributed by atoms with Crippen LogP contribution in [-0.4, -0.2) is 48.1 Å². The molecule has 0 fully saturated rings. The van der Waals surface area contributed by atoms with Gasteiger partial charge in [-0.25, -0.2) is 14.6 Å². The molecule has 1 atom stereocenters. The van der Waals surface area contributed by atoms with Gasteiger partial charge in [-0.3, -0.25) is 0 Å². The van der Waals surface area contributed by atoms with Crippen LogP contribution in [0.3, 0.4) is 0 Å². The van der Waals surface area contributed by atoms with Crippen molar-refractivity contribution < 1.29 is 29.0 Å². The maximum atomic E-state index is 13.0. The number of carbonyl (C=O) groups excluding carboxylic acids is 3. The minimum absolute atomic E-state index is 0.160. The number of carboxylic acid groups (broad SMARTS) is 1. The number of benzene rings is 2. The van der Waals surface area contributed by atoms with Crippen LogP contribution >= 0.6 is 11.3 Å². The van der Waals surface area contributed by atoms with E-state index in [2.05, 4.69) is 4.99 Å². The zero-order valence-electron chi connectivity index (χ0n) is 22.1. The van der Waals surface area contributed by atoms with Gasteiger partial charge in [-0.2, -0.15) is 4.48 Å². The Hall–Kier alpha value is -4.28. The van der Waals surface area contributed by atoms with Gasteiger partial charge in [0.25, 0.3) is 6.09 Å². The Morgan fingerprint density at radius 3 is 2.38 bits per heavy atom. The van der Waals surface area contributed by atoms with Crippen molar-refractivity contribution in [2.24, 2.45) is 4.99 Å². The third kappa shape index (κ3) is 6.08. The number of ether oxygens (including phenoxy) is 2. The van der Waals surface area contributed by atoms with E-state index in [-0.39, 0.29) is 24.6 Å². The zero-order valence-corrected chi connectivity index (χ0v) is 22.9. The summed E-state index contributed by atoms with van der Waals surface area (Å²) in [5.74, 6) is -0.00312. The van der Waals surface area contributed by atoms with Gasteiger partial charge >= 0.3 is 12.1 Å². The first-order chi connectivity index (χ1) is 18.5. The summed E-state index contributed by atoms with van der Waals surface area (Å²) in [6.07, 6.45) is 1.03. The van der Waals surface area contributed by atoms with Crippen LogP contribution in [0.4, 0.5) is 15.3 Å². The van der Waals surface area contributed by atoms with Gasteiger partial charge in [0.05, 0.1) is 18.2 Å². The molecule has 0 N–H and O–H groups in total. The molecule has 0 spiro atoms. The van der Waals surface area contributed by atoms with Gasteiger partial charge in [0.1, 0.15) is 23.2 Å². The van der Waals surface area contributed by atoms with E-state index in [0.29, 0.717) is 11.3 Å². The van der Waals surface area contributed by atoms with Crippen LogP contribution in [0.15, 0.2) is 83.4 Å². The fourth-order valence-corrected chi connectivity index (χ4v) is 4.83. The van der Waals surface area contributed by atoms with Gasteiger partial charge in [-0.1, -0.05) is 24.3 Å². The van der Waals surface area contributed by atoms with Crippen molar-refractivity contribution in [2.75, 3.05) is 13.6 Å². The standard InChI is InChI=1S/C29H29N3O6S/c1-29(2,3)38-27(34)31(4)17-15-25-30-16-18-32(25,28(35)36)20-11-13-21(14-12-20)37-26(33)23-9-6-5-8-22(23)24-10-7-19-39-24/h5-14,16,18-19H,15,17H2,1-4H3. The summed E-state index contributed by atoms with van der Waals surface area (Å²) in [6.45, 7) is 5.49. The Bertz CT molecular complexity index is 1420. The van der Waals surface area contributed by atoms with E-state index in [1.165, 1.54) is 40.8 Å². The minimum atomic E-state index is -1.41. The number of rotatable bonds is 7. The first-order valence-corrected chi connectivity index (χ1v) is 13.1. The molecule has 1 aliphatic rings. The van der Waals surface area contributed by atoms with Crippen LogP contribution in [0, 0.1) is 0 Å². The minimum Gasteiger partial charge on any atom is -0.497 e. The third-order valence-electron chi connectivity index (χ3n) is 5.97. The molecule has 4 rings (SSSR count). The molecule has 2 heterocycles. The Morgan fingerprint density at radius 2 is 1.74 bits per heavy atom. The van der Waals surface area contributed by atoms with Gasteiger partial charge in [0.2, 0.25) is 5.84 Å². The molecular weight excluding hydrogens is 518 g/mol. The molecule has 10 heteroatoms. The zero-order chi connectivity index (χ0) is 28.2. The van der Waals surface area contributed by atoms with Crippen molar-refractivity contribution in [1.29, 1.82) is 0 Å². The van der Waals surface area contributed by atoms with Crippen LogP contribution in [0.25, 0.3) is 10.4 Å². The number of thiophene rings is 1. The molecular formula is C29H29N3O6S. The molecule has 2 aromatic carbocycles. The van der Waals surface area contributed by atoms with Crippen molar-refractivity contribution in [3.63, 3.8) is 0 Å². The van der Waals surface area contributed by atoms with E-state index in [1.54, 1.807) is 52.1 Å². The number of amidine groups is 1. The summed E-state index contributed by atoms with van der Waals surface area (Å²) in [6, 6.07) is 17.2. The molecule has 1 unspecified atom stereocenters. The van der Waals surface area contributed by atoms with E-state index in [1.807, 2.05) is 29.6 Å². The normalized spacial score (nSPS) is 16.5. The van der Waals surface area contributed by atoms with Crippen molar-refractivity contribution in [2.45, 2.75) is 32.8 Å². The number of nitrogens with zero attached hydrogens (tertiary/aromatic N) is 3. The quantitative estimate of drug-likeness (QED) is 0.222. The summed E-state index contributed by atoms with van der Waals surface area (Å²) < 4.78 is 10.2. The summed E-state index contributed by atoms with van der Waals surface area (Å²) in [7, 11) is 1.57. The topological polar surface area (TPSA) is 108 Å². The summed E-state index contributed by atoms with van der Waals surface area (Å²) >= 11 is 1.52. The lowest BCUT2D eigenvalue weighted by Crippen LogP contribution is -2.59. The smallest absolute Gasteiger partial charge is 0.410 e. The summed E-state index contributed by atoms with van der Waals surface area (Å²) in [5.41, 5.74) is 0.879. The number of amides is 2. The van der Waals surface area contributed by atoms with E-state index in [4.69, 9.17) is 9.47 Å². The van der Waals surface area contributed by atoms with Crippen LogP contribution in [0.1, 0.15) is 37.6 Å². The SMILES string of the molecule is CN(CCC1=NC=C[N+]1(C(=O)[O-])c1ccc(OC(=O)c2ccccc2-c2cccs2)cc1)C(=O)OC(C)(C)C. The van der Waals surface area contributed by atoms with Crippen LogP contribution in [0.2, 0.25) is 0 Å². The Morgan fingerprint density at radius 1 is 1.03 bits per heavy atom. The number of aliphatic imine (C=N–C) groups is 1. The molecule has 9 nitrogen and oxygen atoms in total. The van der Waals surface area contributed by atoms with Crippen LogP contribution in [-0.2, 0) is 4.74 Å². The molecule has 0 saturated heterocycles. The molecule has 0 saturated carbocycles. The molecule has 0 radical (unpaired) electrons. The fraction of sp³-hybridized carbons (Fsp3) is 0.241. The highest BCUT2D eigenvalue weighted by molar-refractivity contribution is 7.13. The molecule has 3 aromatic rings. The van der Waals surface area contributed by atoms with Crippen LogP contribution < -0.4 is 14.3 Å². The van der Waals surface area contributed by atoms with Gasteiger partial charge in [0, 0.05) is 36.2 Å². The van der Waals surface area contributed by atoms with E-state index < -0.39 is 28.2 Å². The number of hydrogen-bond donors (Lipinski definition) is 0. The van der Waals surface area contributed by atoms with Gasteiger partial charge in [-0.05, 0) is 50.4 Å². The third-order valence-corrected chi connectivity index (χ3v) is 6.88. The Balaban J connectivity index is 1.50. The maximum absolute atomic E-state index is 13.0. The van der Waals surface area contributed by atoms with Gasteiger partial charge < -0.3 is 24.3 Å². The Labute approximate surface area is 230 Å². The van der Waals surface area contributed by atoms with Crippen LogP contribution in [0.5, 0.6) is 5.75 Å². The highest BCUT2D eigenvalue weighted by Crippen LogP contribution is 2.32. The largest absolute Gasteiger partial charge is 0.497 e. The van der Waals surface area contributed by atoms with Crippen molar-refractivity contribution in [3.05, 3.63) is 84.0 Å². The molecule has 202 valence electrons.